The minimum absolute atomic E-state index is 0.0423. The number of hydrogen-bond acceptors (Lipinski definition) is 7. The molecule has 1 saturated heterocycles. The minimum Gasteiger partial charge on any atom is -0.378 e. The number of carbonyl (C=O) groups excluding carboxylic acids is 1. The summed E-state index contributed by atoms with van der Waals surface area (Å²) in [5.41, 5.74) is 7.21. The predicted octanol–water partition coefficient (Wildman–Crippen LogP) is 3.51. The Morgan fingerprint density at radius 1 is 1.16 bits per heavy atom. The third kappa shape index (κ3) is 7.96. The number of nitrogens with one attached hydrogen (secondary N) is 1. The lowest BCUT2D eigenvalue weighted by Gasteiger charge is -2.27. The molecule has 1 fully saturated rings. The van der Waals surface area contributed by atoms with Crippen LogP contribution in [0.25, 0.3) is 0 Å². The molecular weight excluding hydrogens is 434 g/mol. The Balaban J connectivity index is 1.53. The van der Waals surface area contributed by atoms with Crippen LogP contribution >= 0.6 is 23.4 Å². The minimum atomic E-state index is -0.0423. The Morgan fingerprint density at radius 2 is 1.97 bits per heavy atom. The molecule has 2 aromatic rings. The van der Waals surface area contributed by atoms with E-state index in [9.17, 15) is 4.79 Å². The number of benzene rings is 1. The number of ether oxygens (including phenoxy) is 1. The van der Waals surface area contributed by atoms with Crippen molar-refractivity contribution < 1.29 is 9.53 Å². The van der Waals surface area contributed by atoms with E-state index < -0.39 is 0 Å². The van der Waals surface area contributed by atoms with Gasteiger partial charge in [-0.3, -0.25) is 4.79 Å². The summed E-state index contributed by atoms with van der Waals surface area (Å²) < 4.78 is 5.40. The van der Waals surface area contributed by atoms with E-state index in [4.69, 9.17) is 22.1 Å². The summed E-state index contributed by atoms with van der Waals surface area (Å²) in [6.45, 7) is 4.37. The van der Waals surface area contributed by atoms with Crippen molar-refractivity contribution in [1.29, 1.82) is 0 Å². The summed E-state index contributed by atoms with van der Waals surface area (Å²) in [4.78, 5) is 23.6. The lowest BCUT2D eigenvalue weighted by atomic mass is 10.1. The molecule has 0 unspecified atom stereocenters. The molecule has 0 saturated carbocycles. The van der Waals surface area contributed by atoms with Crippen LogP contribution in [0, 0.1) is 0 Å². The molecule has 0 aliphatic carbocycles. The molecule has 7 nitrogen and oxygen atoms in total. The van der Waals surface area contributed by atoms with Gasteiger partial charge in [-0.25, -0.2) is 9.97 Å². The standard InChI is InChI=1S/C22H30ClN5O2S/c23-19-15-20(28-10-12-30-13-11-28)27-22(26-19)31-16-17-6-5-7-18(14-17)21(29)25-9-4-2-1-3-8-24/h5-7,14-15H,1-4,8-13,16,24H2,(H,25,29). The first-order valence-electron chi connectivity index (χ1n) is 10.7. The number of carbonyl (C=O) groups is 1. The monoisotopic (exact) mass is 463 g/mol. The molecule has 0 radical (unpaired) electrons. The third-order valence-electron chi connectivity index (χ3n) is 4.97. The molecule has 31 heavy (non-hydrogen) atoms. The predicted molar refractivity (Wildman–Crippen MR) is 126 cm³/mol. The van der Waals surface area contributed by atoms with E-state index in [1.165, 1.54) is 11.8 Å². The molecule has 1 aromatic heterocycles. The maximum atomic E-state index is 12.4. The number of anilines is 1. The second-order valence-corrected chi connectivity index (χ2v) is 8.71. The molecule has 0 bridgehead atoms. The topological polar surface area (TPSA) is 93.4 Å². The van der Waals surface area contributed by atoms with Crippen LogP contribution in [0.4, 0.5) is 5.82 Å². The smallest absolute Gasteiger partial charge is 0.251 e. The van der Waals surface area contributed by atoms with Crippen molar-refractivity contribution in [3.63, 3.8) is 0 Å². The van der Waals surface area contributed by atoms with Crippen molar-refractivity contribution >= 4 is 35.1 Å². The number of nitrogens with zero attached hydrogens (tertiary/aromatic N) is 3. The Labute approximate surface area is 193 Å². The van der Waals surface area contributed by atoms with Crippen LogP contribution in [-0.2, 0) is 10.5 Å². The van der Waals surface area contributed by atoms with Gasteiger partial charge in [-0.2, -0.15) is 0 Å². The van der Waals surface area contributed by atoms with Crippen LogP contribution in [0.2, 0.25) is 5.15 Å². The van der Waals surface area contributed by atoms with Crippen LogP contribution in [0.3, 0.4) is 0 Å². The Hall–Kier alpha value is -1.87. The number of morpholine rings is 1. The number of nitrogens with two attached hydrogens (primary N) is 1. The Morgan fingerprint density at radius 3 is 2.77 bits per heavy atom. The lowest BCUT2D eigenvalue weighted by Crippen LogP contribution is -2.36. The highest BCUT2D eigenvalue weighted by Gasteiger charge is 2.15. The average molecular weight is 464 g/mol. The highest BCUT2D eigenvalue weighted by molar-refractivity contribution is 7.98. The SMILES string of the molecule is NCCCCCCNC(=O)c1cccc(CSc2nc(Cl)cc(N3CCOCC3)n2)c1. The first-order chi connectivity index (χ1) is 15.2. The van der Waals surface area contributed by atoms with Gasteiger partial charge >= 0.3 is 0 Å². The lowest BCUT2D eigenvalue weighted by molar-refractivity contribution is 0.0953. The molecule has 0 spiro atoms. The van der Waals surface area contributed by atoms with Gasteiger partial charge in [0.2, 0.25) is 0 Å². The van der Waals surface area contributed by atoms with E-state index in [-0.39, 0.29) is 5.91 Å². The summed E-state index contributed by atoms with van der Waals surface area (Å²) in [6.07, 6.45) is 4.20. The zero-order valence-corrected chi connectivity index (χ0v) is 19.3. The summed E-state index contributed by atoms with van der Waals surface area (Å²) in [6, 6.07) is 9.46. The van der Waals surface area contributed by atoms with Gasteiger partial charge < -0.3 is 20.7 Å². The van der Waals surface area contributed by atoms with Crippen LogP contribution in [-0.4, -0.2) is 55.3 Å². The van der Waals surface area contributed by atoms with Crippen LogP contribution in [0.5, 0.6) is 0 Å². The Kier molecular flexibility index (Phi) is 9.86. The highest BCUT2D eigenvalue weighted by atomic mass is 35.5. The molecule has 0 atom stereocenters. The highest BCUT2D eigenvalue weighted by Crippen LogP contribution is 2.25. The first kappa shape index (κ1) is 23.8. The number of unbranched alkanes of at least 4 members (excludes halogenated alkanes) is 3. The number of amides is 1. The average Bonchev–Trinajstić information content (AvgIpc) is 2.80. The molecule has 9 heteroatoms. The van der Waals surface area contributed by atoms with Gasteiger partial charge in [0.05, 0.1) is 13.2 Å². The van der Waals surface area contributed by atoms with Gasteiger partial charge in [-0.1, -0.05) is 48.3 Å². The number of aromatic nitrogens is 2. The van der Waals surface area contributed by atoms with E-state index in [1.54, 1.807) is 6.07 Å². The van der Waals surface area contributed by atoms with E-state index in [0.29, 0.717) is 41.4 Å². The second-order valence-electron chi connectivity index (χ2n) is 7.38. The fourth-order valence-electron chi connectivity index (χ4n) is 3.28. The summed E-state index contributed by atoms with van der Waals surface area (Å²) in [5, 5.41) is 4.05. The van der Waals surface area contributed by atoms with Crippen LogP contribution in [0.15, 0.2) is 35.5 Å². The molecular formula is C22H30ClN5O2S. The van der Waals surface area contributed by atoms with E-state index in [0.717, 1.165) is 56.7 Å². The normalized spacial score (nSPS) is 13.9. The number of halogens is 1. The Bertz CT molecular complexity index is 848. The van der Waals surface area contributed by atoms with Crippen LogP contribution in [0.1, 0.15) is 41.6 Å². The zero-order chi connectivity index (χ0) is 21.9. The summed E-state index contributed by atoms with van der Waals surface area (Å²) in [7, 11) is 0. The number of thioether (sulfide) groups is 1. The van der Waals surface area contributed by atoms with E-state index >= 15 is 0 Å². The second kappa shape index (κ2) is 12.9. The summed E-state index contributed by atoms with van der Waals surface area (Å²) in [5.74, 6) is 1.44. The zero-order valence-electron chi connectivity index (χ0n) is 17.7. The van der Waals surface area contributed by atoms with Gasteiger partial charge in [-0.15, -0.1) is 0 Å². The largest absolute Gasteiger partial charge is 0.378 e. The fraction of sp³-hybridized carbons (Fsp3) is 0.500. The molecule has 1 aliphatic rings. The quantitative estimate of drug-likeness (QED) is 0.228. The van der Waals surface area contributed by atoms with Crippen molar-refractivity contribution in [2.24, 2.45) is 5.73 Å². The van der Waals surface area contributed by atoms with Crippen molar-refractivity contribution in [3.8, 4) is 0 Å². The fourth-order valence-corrected chi connectivity index (χ4v) is 4.31. The summed E-state index contributed by atoms with van der Waals surface area (Å²) >= 11 is 7.73. The van der Waals surface area contributed by atoms with Gasteiger partial charge in [0.1, 0.15) is 11.0 Å². The van der Waals surface area contributed by atoms with Gasteiger partial charge in [0, 0.05) is 37.0 Å². The first-order valence-corrected chi connectivity index (χ1v) is 12.1. The molecule has 1 amide bonds. The maximum Gasteiger partial charge on any atom is 0.251 e. The third-order valence-corrected chi connectivity index (χ3v) is 6.08. The van der Waals surface area contributed by atoms with Crippen LogP contribution < -0.4 is 16.0 Å². The molecule has 1 aliphatic heterocycles. The molecule has 168 valence electrons. The maximum absolute atomic E-state index is 12.4. The van der Waals surface area contributed by atoms with E-state index in [2.05, 4.69) is 20.2 Å². The molecule has 3 N–H and O–H groups in total. The van der Waals surface area contributed by atoms with Crippen molar-refractivity contribution in [1.82, 2.24) is 15.3 Å². The van der Waals surface area contributed by atoms with Gasteiger partial charge in [0.25, 0.3) is 5.91 Å². The number of rotatable bonds is 11. The molecule has 3 rings (SSSR count). The van der Waals surface area contributed by atoms with E-state index in [1.807, 2.05) is 24.3 Å². The van der Waals surface area contributed by atoms with Crippen molar-refractivity contribution in [2.75, 3.05) is 44.3 Å². The van der Waals surface area contributed by atoms with Crippen molar-refractivity contribution in [2.45, 2.75) is 36.6 Å². The van der Waals surface area contributed by atoms with Gasteiger partial charge in [0.15, 0.2) is 5.16 Å². The molecule has 1 aromatic carbocycles. The molecule has 2 heterocycles. The van der Waals surface area contributed by atoms with Crippen molar-refractivity contribution in [3.05, 3.63) is 46.6 Å². The number of hydrogen-bond donors (Lipinski definition) is 2. The van der Waals surface area contributed by atoms with Gasteiger partial charge in [-0.05, 0) is 37.1 Å².